The second-order valence-electron chi connectivity index (χ2n) is 3.55. The summed E-state index contributed by atoms with van der Waals surface area (Å²) in [5.41, 5.74) is 0.774. The van der Waals surface area contributed by atoms with Crippen molar-refractivity contribution >= 4 is 10.0 Å². The third-order valence-electron chi connectivity index (χ3n) is 2.29. The van der Waals surface area contributed by atoms with Gasteiger partial charge in [0.15, 0.2) is 11.5 Å². The van der Waals surface area contributed by atoms with Crippen molar-refractivity contribution in [3.05, 3.63) is 23.8 Å². The molecule has 6 nitrogen and oxygen atoms in total. The average molecular weight is 259 g/mol. The van der Waals surface area contributed by atoms with Gasteiger partial charge in [0.25, 0.3) is 0 Å². The van der Waals surface area contributed by atoms with Crippen LogP contribution >= 0.6 is 0 Å². The summed E-state index contributed by atoms with van der Waals surface area (Å²) in [6, 6.07) is 5.22. The van der Waals surface area contributed by atoms with Crippen LogP contribution in [0.2, 0.25) is 0 Å². The summed E-state index contributed by atoms with van der Waals surface area (Å²) in [5, 5.41) is 8.57. The molecular formula is C10H13NO5S. The number of rotatable bonds is 5. The molecule has 17 heavy (non-hydrogen) atoms. The van der Waals surface area contributed by atoms with E-state index >= 15 is 0 Å². The van der Waals surface area contributed by atoms with E-state index < -0.39 is 16.6 Å². The smallest absolute Gasteiger partial charge is 0.231 e. The Bertz CT molecular complexity index is 499. The monoisotopic (exact) mass is 259 g/mol. The predicted octanol–water partition coefficient (Wildman–Crippen LogP) is -0.173. The Labute approximate surface area is 99.2 Å². The van der Waals surface area contributed by atoms with Crippen LogP contribution in [0.4, 0.5) is 0 Å². The fraction of sp³-hybridized carbons (Fsp3) is 0.400. The highest BCUT2D eigenvalue weighted by atomic mass is 32.2. The highest BCUT2D eigenvalue weighted by Gasteiger charge is 2.14. The van der Waals surface area contributed by atoms with Gasteiger partial charge in [0, 0.05) is 6.54 Å². The van der Waals surface area contributed by atoms with Gasteiger partial charge < -0.3 is 14.6 Å². The zero-order valence-electron chi connectivity index (χ0n) is 9.05. The molecule has 0 aromatic heterocycles. The van der Waals surface area contributed by atoms with E-state index in [2.05, 4.69) is 4.72 Å². The molecule has 0 radical (unpaired) electrons. The van der Waals surface area contributed by atoms with Crippen LogP contribution in [0.3, 0.4) is 0 Å². The summed E-state index contributed by atoms with van der Waals surface area (Å²) < 4.78 is 35.3. The molecule has 0 saturated carbocycles. The number of ether oxygens (including phenoxy) is 2. The van der Waals surface area contributed by atoms with Crippen molar-refractivity contribution in [2.75, 3.05) is 19.2 Å². The van der Waals surface area contributed by atoms with Crippen LogP contribution in [0.5, 0.6) is 11.5 Å². The zero-order valence-corrected chi connectivity index (χ0v) is 9.87. The fourth-order valence-corrected chi connectivity index (χ4v) is 2.21. The molecule has 0 fully saturated rings. The SMILES string of the molecule is O=S(=O)(CCO)NCc1ccc2c(c1)OCO2. The third-order valence-corrected chi connectivity index (χ3v) is 3.60. The topological polar surface area (TPSA) is 84.9 Å². The van der Waals surface area contributed by atoms with Gasteiger partial charge in [-0.25, -0.2) is 13.1 Å². The highest BCUT2D eigenvalue weighted by Crippen LogP contribution is 2.32. The van der Waals surface area contributed by atoms with Crippen molar-refractivity contribution in [1.82, 2.24) is 4.72 Å². The van der Waals surface area contributed by atoms with Crippen LogP contribution in [0.15, 0.2) is 18.2 Å². The molecule has 0 amide bonds. The minimum Gasteiger partial charge on any atom is -0.454 e. The lowest BCUT2D eigenvalue weighted by Gasteiger charge is -2.06. The normalized spacial score (nSPS) is 13.9. The van der Waals surface area contributed by atoms with Crippen molar-refractivity contribution in [3.8, 4) is 11.5 Å². The van der Waals surface area contributed by atoms with Gasteiger partial charge in [0.2, 0.25) is 16.8 Å². The third kappa shape index (κ3) is 3.09. The Morgan fingerprint density at radius 3 is 2.82 bits per heavy atom. The van der Waals surface area contributed by atoms with E-state index in [1.165, 1.54) is 0 Å². The molecule has 0 spiro atoms. The van der Waals surface area contributed by atoms with Crippen molar-refractivity contribution in [2.45, 2.75) is 6.54 Å². The lowest BCUT2D eigenvalue weighted by molar-refractivity contribution is 0.174. The van der Waals surface area contributed by atoms with E-state index in [0.717, 1.165) is 5.56 Å². The molecule has 1 aromatic rings. The Hall–Kier alpha value is -1.31. The molecule has 1 aromatic carbocycles. The molecule has 7 heteroatoms. The molecule has 0 bridgehead atoms. The second-order valence-corrected chi connectivity index (χ2v) is 5.48. The number of fused-ring (bicyclic) bond motifs is 1. The van der Waals surface area contributed by atoms with Crippen LogP contribution < -0.4 is 14.2 Å². The predicted molar refractivity (Wildman–Crippen MR) is 60.3 cm³/mol. The molecule has 0 unspecified atom stereocenters. The Balaban J connectivity index is 2.00. The molecule has 2 rings (SSSR count). The number of aliphatic hydroxyl groups excluding tert-OH is 1. The van der Waals surface area contributed by atoms with E-state index in [1.807, 2.05) is 0 Å². The average Bonchev–Trinajstić information content (AvgIpc) is 2.73. The molecule has 1 aliphatic heterocycles. The number of aliphatic hydroxyl groups is 1. The molecular weight excluding hydrogens is 246 g/mol. The molecule has 1 heterocycles. The lowest BCUT2D eigenvalue weighted by atomic mass is 10.2. The highest BCUT2D eigenvalue weighted by molar-refractivity contribution is 7.89. The Morgan fingerprint density at radius 2 is 2.06 bits per heavy atom. The van der Waals surface area contributed by atoms with Crippen molar-refractivity contribution < 1.29 is 23.0 Å². The van der Waals surface area contributed by atoms with Gasteiger partial charge in [-0.3, -0.25) is 0 Å². The standard InChI is InChI=1S/C10H13NO5S/c12-3-4-17(13,14)11-6-8-1-2-9-10(5-8)16-7-15-9/h1-2,5,11-12H,3-4,6-7H2. The van der Waals surface area contributed by atoms with Gasteiger partial charge >= 0.3 is 0 Å². The summed E-state index contributed by atoms with van der Waals surface area (Å²) >= 11 is 0. The van der Waals surface area contributed by atoms with Gasteiger partial charge in [0.05, 0.1) is 12.4 Å². The van der Waals surface area contributed by atoms with Gasteiger partial charge in [-0.05, 0) is 17.7 Å². The maximum absolute atomic E-state index is 11.3. The van der Waals surface area contributed by atoms with Gasteiger partial charge in [-0.1, -0.05) is 6.07 Å². The van der Waals surface area contributed by atoms with Crippen molar-refractivity contribution in [3.63, 3.8) is 0 Å². The van der Waals surface area contributed by atoms with Crippen LogP contribution in [0.25, 0.3) is 0 Å². The number of hydrogen-bond donors (Lipinski definition) is 2. The summed E-state index contributed by atoms with van der Waals surface area (Å²) in [5.74, 6) is 0.980. The summed E-state index contributed by atoms with van der Waals surface area (Å²) in [7, 11) is -3.42. The quantitative estimate of drug-likeness (QED) is 0.766. The first kappa shape index (κ1) is 12.2. The first-order chi connectivity index (χ1) is 8.11. The van der Waals surface area contributed by atoms with Crippen LogP contribution in [0, 0.1) is 0 Å². The maximum atomic E-state index is 11.3. The van der Waals surface area contributed by atoms with Gasteiger partial charge in [-0.15, -0.1) is 0 Å². The zero-order chi connectivity index (χ0) is 12.3. The Morgan fingerprint density at radius 1 is 1.29 bits per heavy atom. The van der Waals surface area contributed by atoms with Gasteiger partial charge in [0.1, 0.15) is 0 Å². The lowest BCUT2D eigenvalue weighted by Crippen LogP contribution is -2.27. The van der Waals surface area contributed by atoms with E-state index in [4.69, 9.17) is 14.6 Å². The fourth-order valence-electron chi connectivity index (χ4n) is 1.44. The van der Waals surface area contributed by atoms with E-state index in [1.54, 1.807) is 18.2 Å². The molecule has 0 atom stereocenters. The number of benzene rings is 1. The van der Waals surface area contributed by atoms with Crippen LogP contribution in [0.1, 0.15) is 5.56 Å². The number of nitrogens with one attached hydrogen (secondary N) is 1. The minimum atomic E-state index is -3.42. The molecule has 0 saturated heterocycles. The number of hydrogen-bond acceptors (Lipinski definition) is 5. The molecule has 0 aliphatic carbocycles. The summed E-state index contributed by atoms with van der Waals surface area (Å²) in [6.45, 7) is -0.0372. The summed E-state index contributed by atoms with van der Waals surface area (Å²) in [6.07, 6.45) is 0. The largest absolute Gasteiger partial charge is 0.454 e. The van der Waals surface area contributed by atoms with E-state index in [-0.39, 0.29) is 19.1 Å². The summed E-state index contributed by atoms with van der Waals surface area (Å²) in [4.78, 5) is 0. The van der Waals surface area contributed by atoms with E-state index in [0.29, 0.717) is 11.5 Å². The van der Waals surface area contributed by atoms with Crippen LogP contribution in [-0.2, 0) is 16.6 Å². The van der Waals surface area contributed by atoms with Crippen molar-refractivity contribution in [2.24, 2.45) is 0 Å². The van der Waals surface area contributed by atoms with Crippen molar-refractivity contribution in [1.29, 1.82) is 0 Å². The van der Waals surface area contributed by atoms with E-state index in [9.17, 15) is 8.42 Å². The van der Waals surface area contributed by atoms with Crippen LogP contribution in [-0.4, -0.2) is 32.7 Å². The molecule has 94 valence electrons. The van der Waals surface area contributed by atoms with Gasteiger partial charge in [-0.2, -0.15) is 0 Å². The first-order valence-electron chi connectivity index (χ1n) is 5.07. The molecule has 2 N–H and O–H groups in total. The second kappa shape index (κ2) is 4.91. The minimum absolute atomic E-state index is 0.166. The Kier molecular flexibility index (Phi) is 3.51. The number of sulfonamides is 1. The maximum Gasteiger partial charge on any atom is 0.231 e. The molecule has 1 aliphatic rings. The first-order valence-corrected chi connectivity index (χ1v) is 6.73.